The van der Waals surface area contributed by atoms with Crippen LogP contribution in [0, 0.1) is 26.1 Å². The molecular formula is C20H23N5O5. The molecule has 0 unspecified atom stereocenters. The quantitative estimate of drug-likeness (QED) is 0.386. The highest BCUT2D eigenvalue weighted by molar-refractivity contribution is 5.79. The van der Waals surface area contributed by atoms with E-state index >= 15 is 0 Å². The van der Waals surface area contributed by atoms with E-state index in [2.05, 4.69) is 10.6 Å². The molecule has 158 valence electrons. The maximum Gasteiger partial charge on any atom is 0.292 e. The highest BCUT2D eigenvalue weighted by atomic mass is 16.6. The summed E-state index contributed by atoms with van der Waals surface area (Å²) in [5.74, 6) is -0.147. The van der Waals surface area contributed by atoms with Gasteiger partial charge >= 0.3 is 0 Å². The maximum atomic E-state index is 12.4. The van der Waals surface area contributed by atoms with Crippen LogP contribution in [0.25, 0.3) is 0 Å². The predicted molar refractivity (Wildman–Crippen MR) is 113 cm³/mol. The number of anilines is 2. The summed E-state index contributed by atoms with van der Waals surface area (Å²) in [6, 6.07) is 12.7. The van der Waals surface area contributed by atoms with Gasteiger partial charge in [-0.1, -0.05) is 12.1 Å². The third-order valence-electron chi connectivity index (χ3n) is 5.12. The van der Waals surface area contributed by atoms with Gasteiger partial charge in [0.25, 0.3) is 11.4 Å². The third-order valence-corrected chi connectivity index (χ3v) is 5.12. The first-order valence-corrected chi connectivity index (χ1v) is 9.70. The van der Waals surface area contributed by atoms with Gasteiger partial charge in [-0.25, -0.2) is 0 Å². The van der Waals surface area contributed by atoms with Crippen molar-refractivity contribution in [1.82, 2.24) is 5.32 Å². The summed E-state index contributed by atoms with van der Waals surface area (Å²) in [6.45, 7) is 2.10. The van der Waals surface area contributed by atoms with Gasteiger partial charge in [-0.05, 0) is 31.0 Å². The normalized spacial score (nSPS) is 14.2. The molecule has 0 aromatic heterocycles. The summed E-state index contributed by atoms with van der Waals surface area (Å²) in [5, 5.41) is 27.9. The van der Waals surface area contributed by atoms with E-state index in [9.17, 15) is 25.0 Å². The largest absolute Gasteiger partial charge is 0.383 e. The van der Waals surface area contributed by atoms with Crippen LogP contribution < -0.4 is 15.5 Å². The molecule has 30 heavy (non-hydrogen) atoms. The number of nitrogens with zero attached hydrogens (tertiary/aromatic N) is 3. The van der Waals surface area contributed by atoms with Gasteiger partial charge in [0.15, 0.2) is 0 Å². The molecule has 3 rings (SSSR count). The average Bonchev–Trinajstić information content (AvgIpc) is 2.77. The number of benzene rings is 2. The fourth-order valence-corrected chi connectivity index (χ4v) is 3.51. The van der Waals surface area contributed by atoms with Gasteiger partial charge < -0.3 is 15.5 Å². The van der Waals surface area contributed by atoms with E-state index in [1.807, 2.05) is 4.90 Å². The van der Waals surface area contributed by atoms with E-state index in [1.54, 1.807) is 30.3 Å². The molecule has 0 aliphatic carbocycles. The molecule has 2 N–H and O–H groups in total. The van der Waals surface area contributed by atoms with Crippen molar-refractivity contribution in [3.05, 3.63) is 68.8 Å². The Kier molecular flexibility index (Phi) is 6.79. The molecule has 0 spiro atoms. The van der Waals surface area contributed by atoms with Gasteiger partial charge in [-0.3, -0.25) is 25.0 Å². The molecule has 0 bridgehead atoms. The number of amides is 1. The smallest absolute Gasteiger partial charge is 0.292 e. The fourth-order valence-electron chi connectivity index (χ4n) is 3.51. The monoisotopic (exact) mass is 413 g/mol. The van der Waals surface area contributed by atoms with Crippen LogP contribution >= 0.6 is 0 Å². The molecule has 1 aliphatic rings. The standard InChI is InChI=1S/C20H23N5O5/c26-20(22-12-11-21-16-5-7-17(8-6-16)24(27)28)15-9-13-23(14-10-15)18-3-1-2-4-19(18)25(29)30/h1-8,15,21H,9-14H2,(H,22,26). The number of piperidine rings is 1. The third kappa shape index (κ3) is 5.22. The molecule has 2 aromatic carbocycles. The van der Waals surface area contributed by atoms with Crippen molar-refractivity contribution >= 4 is 28.7 Å². The van der Waals surface area contributed by atoms with E-state index in [-0.39, 0.29) is 28.1 Å². The van der Waals surface area contributed by atoms with E-state index in [0.29, 0.717) is 44.7 Å². The van der Waals surface area contributed by atoms with Crippen molar-refractivity contribution in [2.24, 2.45) is 5.92 Å². The Labute approximate surface area is 173 Å². The molecular weight excluding hydrogens is 390 g/mol. The number of hydrogen-bond donors (Lipinski definition) is 2. The SMILES string of the molecule is O=C(NCCNc1ccc([N+](=O)[O-])cc1)C1CCN(c2ccccc2[N+](=O)[O-])CC1. The number of nitro groups is 2. The molecule has 2 aromatic rings. The Bertz CT molecular complexity index is 910. The molecule has 0 radical (unpaired) electrons. The lowest BCUT2D eigenvalue weighted by atomic mass is 9.95. The lowest BCUT2D eigenvalue weighted by molar-refractivity contribution is -0.384. The lowest BCUT2D eigenvalue weighted by Crippen LogP contribution is -2.41. The highest BCUT2D eigenvalue weighted by Gasteiger charge is 2.27. The van der Waals surface area contributed by atoms with Gasteiger partial charge in [0.1, 0.15) is 5.69 Å². The van der Waals surface area contributed by atoms with Crippen LogP contribution in [0.5, 0.6) is 0 Å². The van der Waals surface area contributed by atoms with E-state index < -0.39 is 4.92 Å². The van der Waals surface area contributed by atoms with Crippen molar-refractivity contribution in [2.45, 2.75) is 12.8 Å². The molecule has 1 fully saturated rings. The van der Waals surface area contributed by atoms with Gasteiger partial charge in [-0.2, -0.15) is 0 Å². The lowest BCUT2D eigenvalue weighted by Gasteiger charge is -2.32. The number of nitrogens with one attached hydrogen (secondary N) is 2. The minimum atomic E-state index is -0.453. The molecule has 1 aliphatic heterocycles. The Morgan fingerprint density at radius 3 is 2.27 bits per heavy atom. The molecule has 1 saturated heterocycles. The zero-order valence-electron chi connectivity index (χ0n) is 16.3. The van der Waals surface area contributed by atoms with E-state index in [1.165, 1.54) is 18.2 Å². The van der Waals surface area contributed by atoms with Gasteiger partial charge in [-0.15, -0.1) is 0 Å². The zero-order chi connectivity index (χ0) is 21.5. The molecule has 10 heteroatoms. The molecule has 1 heterocycles. The average molecular weight is 413 g/mol. The van der Waals surface area contributed by atoms with E-state index in [0.717, 1.165) is 5.69 Å². The van der Waals surface area contributed by atoms with Gasteiger partial charge in [0, 0.05) is 56.0 Å². The molecule has 0 atom stereocenters. The minimum Gasteiger partial charge on any atom is -0.383 e. The second kappa shape index (κ2) is 9.68. The summed E-state index contributed by atoms with van der Waals surface area (Å²) < 4.78 is 0. The fraction of sp³-hybridized carbons (Fsp3) is 0.350. The van der Waals surface area contributed by atoms with Crippen molar-refractivity contribution in [3.63, 3.8) is 0 Å². The topological polar surface area (TPSA) is 131 Å². The number of hydrogen-bond acceptors (Lipinski definition) is 7. The minimum absolute atomic E-state index is 0.0253. The molecule has 0 saturated carbocycles. The number of rotatable bonds is 8. The van der Waals surface area contributed by atoms with Crippen molar-refractivity contribution in [2.75, 3.05) is 36.4 Å². The van der Waals surface area contributed by atoms with Crippen LogP contribution in [0.3, 0.4) is 0 Å². The number of carbonyl (C=O) groups excluding carboxylic acids is 1. The van der Waals surface area contributed by atoms with Gasteiger partial charge in [0.05, 0.1) is 9.85 Å². The van der Waals surface area contributed by atoms with Crippen molar-refractivity contribution in [1.29, 1.82) is 0 Å². The molecule has 10 nitrogen and oxygen atoms in total. The summed E-state index contributed by atoms with van der Waals surface area (Å²) >= 11 is 0. The Hall–Kier alpha value is -3.69. The first-order valence-electron chi connectivity index (χ1n) is 9.70. The Balaban J connectivity index is 1.41. The van der Waals surface area contributed by atoms with Crippen molar-refractivity contribution in [3.8, 4) is 0 Å². The Morgan fingerprint density at radius 2 is 1.63 bits per heavy atom. The van der Waals surface area contributed by atoms with Crippen LogP contribution in [-0.4, -0.2) is 41.9 Å². The summed E-state index contributed by atoms with van der Waals surface area (Å²) in [4.78, 5) is 35.4. The second-order valence-corrected chi connectivity index (χ2v) is 7.03. The Morgan fingerprint density at radius 1 is 0.967 bits per heavy atom. The van der Waals surface area contributed by atoms with Gasteiger partial charge in [0.2, 0.25) is 5.91 Å². The predicted octanol–water partition coefficient (Wildman–Crippen LogP) is 2.95. The highest BCUT2D eigenvalue weighted by Crippen LogP contribution is 2.31. The van der Waals surface area contributed by atoms with Crippen LogP contribution in [-0.2, 0) is 4.79 Å². The molecule has 1 amide bonds. The van der Waals surface area contributed by atoms with Crippen LogP contribution in [0.15, 0.2) is 48.5 Å². The number of non-ortho nitro benzene ring substituents is 1. The first-order chi connectivity index (χ1) is 14.5. The maximum absolute atomic E-state index is 12.4. The number of nitro benzene ring substituents is 2. The number of para-hydroxylation sites is 2. The summed E-state index contributed by atoms with van der Waals surface area (Å²) in [7, 11) is 0. The second-order valence-electron chi connectivity index (χ2n) is 7.03. The summed E-state index contributed by atoms with van der Waals surface area (Å²) in [5.41, 5.74) is 1.44. The number of carbonyl (C=O) groups is 1. The summed E-state index contributed by atoms with van der Waals surface area (Å²) in [6.07, 6.45) is 1.27. The van der Waals surface area contributed by atoms with Crippen molar-refractivity contribution < 1.29 is 14.6 Å². The van der Waals surface area contributed by atoms with E-state index in [4.69, 9.17) is 0 Å². The first kappa shape index (κ1) is 21.0. The van der Waals surface area contributed by atoms with Crippen LogP contribution in [0.1, 0.15) is 12.8 Å². The zero-order valence-corrected chi connectivity index (χ0v) is 16.3. The van der Waals surface area contributed by atoms with Crippen LogP contribution in [0.4, 0.5) is 22.7 Å². The van der Waals surface area contributed by atoms with Crippen LogP contribution in [0.2, 0.25) is 0 Å².